The lowest BCUT2D eigenvalue weighted by Crippen LogP contribution is -2.53. The number of hydrogen-bond acceptors (Lipinski definition) is 5. The number of benzene rings is 2. The summed E-state index contributed by atoms with van der Waals surface area (Å²) in [6, 6.07) is 8.00. The number of likely N-dealkylation sites (tertiary alicyclic amines) is 1. The van der Waals surface area contributed by atoms with Crippen LogP contribution in [0.2, 0.25) is 5.02 Å². The second-order valence-corrected chi connectivity index (χ2v) is 14.9. The third-order valence-electron chi connectivity index (χ3n) is 8.00. The first kappa shape index (κ1) is 26.5. The third-order valence-corrected chi connectivity index (χ3v) is 12.5. The maximum Gasteiger partial charge on any atom is 0.416 e. The fourth-order valence-electron chi connectivity index (χ4n) is 6.16. The number of carbonyl (C=O) groups is 1. The molecule has 2 aromatic carbocycles. The number of halogens is 4. The molecule has 200 valence electrons. The van der Waals surface area contributed by atoms with Gasteiger partial charge in [-0.1, -0.05) is 17.7 Å². The smallest absolute Gasteiger partial charge is 0.337 e. The molecule has 5 rings (SSSR count). The lowest BCUT2D eigenvalue weighted by atomic mass is 9.78. The van der Waals surface area contributed by atoms with Crippen LogP contribution in [0.15, 0.2) is 47.4 Å². The molecule has 37 heavy (non-hydrogen) atoms. The van der Waals surface area contributed by atoms with Crippen LogP contribution in [0.5, 0.6) is 0 Å². The zero-order valence-corrected chi connectivity index (χ0v) is 22.1. The average molecular weight is 576 g/mol. The van der Waals surface area contributed by atoms with Gasteiger partial charge in [0.05, 0.1) is 28.0 Å². The molecule has 1 aliphatic carbocycles. The molecule has 1 amide bonds. The molecule has 0 spiro atoms. The minimum atomic E-state index is -4.58. The monoisotopic (exact) mass is 575 g/mol. The molecular formula is C25H25ClF3NO5S2. The van der Waals surface area contributed by atoms with Crippen LogP contribution >= 0.6 is 11.6 Å². The standard InChI is InChI=1S/C25H25ClF3NO5S2/c26-19-3-5-20(6-4-19)37(34,35)24-11-12-30(23(31)16-9-13-36(32,33)14-10-16)22(24)8-1-17-15-18(25(27,28)29)2-7-21(17)24/h2-7,15-16,22H,1,8-14H2. The van der Waals surface area contributed by atoms with E-state index in [1.165, 1.54) is 35.2 Å². The first-order chi connectivity index (χ1) is 17.3. The molecule has 3 aliphatic rings. The highest BCUT2D eigenvalue weighted by Crippen LogP contribution is 2.53. The number of rotatable bonds is 3. The van der Waals surface area contributed by atoms with Gasteiger partial charge in [-0.05, 0) is 79.6 Å². The molecule has 0 N–H and O–H groups in total. The zero-order valence-electron chi connectivity index (χ0n) is 19.7. The highest BCUT2D eigenvalue weighted by atomic mass is 35.5. The van der Waals surface area contributed by atoms with Crippen LogP contribution in [0.4, 0.5) is 13.2 Å². The summed E-state index contributed by atoms with van der Waals surface area (Å²) in [7, 11) is -7.38. The summed E-state index contributed by atoms with van der Waals surface area (Å²) in [5.74, 6) is -1.02. The predicted octanol–water partition coefficient (Wildman–Crippen LogP) is 4.40. The van der Waals surface area contributed by atoms with E-state index in [2.05, 4.69) is 0 Å². The summed E-state index contributed by atoms with van der Waals surface area (Å²) < 4.78 is 91.1. The molecule has 2 unspecified atom stereocenters. The van der Waals surface area contributed by atoms with Crippen molar-refractivity contribution in [1.82, 2.24) is 4.90 Å². The van der Waals surface area contributed by atoms with Gasteiger partial charge in [0.25, 0.3) is 0 Å². The van der Waals surface area contributed by atoms with E-state index >= 15 is 0 Å². The van der Waals surface area contributed by atoms with Gasteiger partial charge in [-0.2, -0.15) is 13.2 Å². The van der Waals surface area contributed by atoms with E-state index in [-0.39, 0.29) is 66.5 Å². The Hall–Kier alpha value is -2.11. The molecule has 0 saturated carbocycles. The number of alkyl halides is 3. The Morgan fingerprint density at radius 3 is 2.30 bits per heavy atom. The van der Waals surface area contributed by atoms with Gasteiger partial charge < -0.3 is 4.90 Å². The lowest BCUT2D eigenvalue weighted by molar-refractivity contribution is -0.137. The number of hydrogen-bond donors (Lipinski definition) is 0. The van der Waals surface area contributed by atoms with E-state index in [1.54, 1.807) is 0 Å². The average Bonchev–Trinajstić information content (AvgIpc) is 3.25. The Morgan fingerprint density at radius 1 is 1.03 bits per heavy atom. The number of carbonyl (C=O) groups excluding carboxylic acids is 1. The third kappa shape index (κ3) is 4.36. The summed E-state index contributed by atoms with van der Waals surface area (Å²) in [6.45, 7) is 0.111. The van der Waals surface area contributed by atoms with Crippen molar-refractivity contribution >= 4 is 37.2 Å². The highest BCUT2D eigenvalue weighted by molar-refractivity contribution is 7.92. The SMILES string of the molecule is O=C(C1CCS(=O)(=O)CC1)N1CCC2(S(=O)(=O)c3ccc(Cl)cc3)c3ccc(C(F)(F)F)cc3CCC12. The number of aryl methyl sites for hydroxylation is 1. The molecule has 2 atom stereocenters. The van der Waals surface area contributed by atoms with E-state index in [1.807, 2.05) is 0 Å². The van der Waals surface area contributed by atoms with Gasteiger partial charge in [-0.25, -0.2) is 16.8 Å². The summed E-state index contributed by atoms with van der Waals surface area (Å²) >= 11 is 5.97. The lowest BCUT2D eigenvalue weighted by Gasteiger charge is -2.43. The second-order valence-electron chi connectivity index (χ2n) is 9.98. The summed E-state index contributed by atoms with van der Waals surface area (Å²) in [5, 5.41) is 0.336. The molecule has 0 aromatic heterocycles. The molecule has 0 radical (unpaired) electrons. The topological polar surface area (TPSA) is 88.6 Å². The van der Waals surface area contributed by atoms with Gasteiger partial charge in [-0.3, -0.25) is 4.79 Å². The Labute approximate surface area is 218 Å². The van der Waals surface area contributed by atoms with Gasteiger partial charge in [-0.15, -0.1) is 0 Å². The summed E-state index contributed by atoms with van der Waals surface area (Å²) in [5.41, 5.74) is -0.257. The minimum Gasteiger partial charge on any atom is -0.337 e. The van der Waals surface area contributed by atoms with Crippen LogP contribution < -0.4 is 0 Å². The first-order valence-corrected chi connectivity index (χ1v) is 15.7. The largest absolute Gasteiger partial charge is 0.416 e. The van der Waals surface area contributed by atoms with Gasteiger partial charge in [0, 0.05) is 17.5 Å². The van der Waals surface area contributed by atoms with Crippen molar-refractivity contribution in [3.05, 3.63) is 64.2 Å². The van der Waals surface area contributed by atoms with E-state index in [4.69, 9.17) is 11.6 Å². The quantitative estimate of drug-likeness (QED) is 0.541. The second kappa shape index (κ2) is 8.98. The van der Waals surface area contributed by atoms with Crippen molar-refractivity contribution < 1.29 is 34.8 Å². The molecule has 2 saturated heterocycles. The van der Waals surface area contributed by atoms with Gasteiger partial charge in [0.1, 0.15) is 14.6 Å². The van der Waals surface area contributed by atoms with E-state index in [9.17, 15) is 34.8 Å². The maximum atomic E-state index is 14.3. The molecular weight excluding hydrogens is 551 g/mol. The molecule has 2 aliphatic heterocycles. The van der Waals surface area contributed by atoms with Crippen molar-refractivity contribution in [2.75, 3.05) is 18.1 Å². The predicted molar refractivity (Wildman–Crippen MR) is 132 cm³/mol. The molecule has 2 fully saturated rings. The molecule has 12 heteroatoms. The first-order valence-electron chi connectivity index (χ1n) is 12.0. The van der Waals surface area contributed by atoms with E-state index in [0.29, 0.717) is 10.6 Å². The molecule has 2 heterocycles. The van der Waals surface area contributed by atoms with E-state index in [0.717, 1.165) is 12.1 Å². The zero-order chi connectivity index (χ0) is 26.8. The summed E-state index contributed by atoms with van der Waals surface area (Å²) in [4.78, 5) is 15.1. The van der Waals surface area contributed by atoms with Crippen molar-refractivity contribution in [3.8, 4) is 0 Å². The van der Waals surface area contributed by atoms with Crippen LogP contribution in [0.25, 0.3) is 0 Å². The Balaban J connectivity index is 1.61. The Morgan fingerprint density at radius 2 is 1.68 bits per heavy atom. The van der Waals surface area contributed by atoms with Crippen LogP contribution in [-0.2, 0) is 41.8 Å². The van der Waals surface area contributed by atoms with Crippen molar-refractivity contribution in [3.63, 3.8) is 0 Å². The number of nitrogens with zero attached hydrogens (tertiary/aromatic N) is 1. The number of fused-ring (bicyclic) bond motifs is 3. The van der Waals surface area contributed by atoms with Gasteiger partial charge >= 0.3 is 6.18 Å². The molecule has 0 bridgehead atoms. The van der Waals surface area contributed by atoms with Gasteiger partial charge in [0.15, 0.2) is 9.84 Å². The number of amides is 1. The van der Waals surface area contributed by atoms with Crippen LogP contribution in [0, 0.1) is 5.92 Å². The molecule has 2 aromatic rings. The van der Waals surface area contributed by atoms with Crippen LogP contribution in [0.3, 0.4) is 0 Å². The Bertz CT molecular complexity index is 1440. The van der Waals surface area contributed by atoms with Gasteiger partial charge in [0.2, 0.25) is 5.91 Å². The number of sulfone groups is 2. The highest BCUT2D eigenvalue weighted by Gasteiger charge is 2.61. The van der Waals surface area contributed by atoms with Crippen LogP contribution in [0.1, 0.15) is 42.4 Å². The molecule has 6 nitrogen and oxygen atoms in total. The van der Waals surface area contributed by atoms with Crippen molar-refractivity contribution in [2.45, 2.75) is 54.0 Å². The Kier molecular flexibility index (Phi) is 6.43. The fourth-order valence-corrected chi connectivity index (χ4v) is 10.1. The van der Waals surface area contributed by atoms with E-state index < -0.39 is 48.1 Å². The maximum absolute atomic E-state index is 14.3. The normalized spacial score (nSPS) is 25.9. The minimum absolute atomic E-state index is 0.0206. The summed E-state index contributed by atoms with van der Waals surface area (Å²) in [6.07, 6.45) is -3.84. The fraction of sp³-hybridized carbons (Fsp3) is 0.480. The van der Waals surface area contributed by atoms with Crippen molar-refractivity contribution in [1.29, 1.82) is 0 Å². The van der Waals surface area contributed by atoms with Crippen molar-refractivity contribution in [2.24, 2.45) is 5.92 Å². The van der Waals surface area contributed by atoms with Crippen LogP contribution in [-0.4, -0.2) is 51.7 Å².